The Morgan fingerprint density at radius 3 is 2.77 bits per heavy atom. The predicted molar refractivity (Wildman–Crippen MR) is 87.6 cm³/mol. The highest BCUT2D eigenvalue weighted by Crippen LogP contribution is 2.21. The number of pyridine rings is 1. The molecule has 110 valence electrons. The Morgan fingerprint density at radius 2 is 2.00 bits per heavy atom. The molecule has 0 aliphatic rings. The molecule has 0 aliphatic heterocycles. The van der Waals surface area contributed by atoms with Gasteiger partial charge in [0.05, 0.1) is 24.1 Å². The van der Waals surface area contributed by atoms with E-state index >= 15 is 0 Å². The zero-order valence-corrected chi connectivity index (χ0v) is 12.5. The second-order valence-corrected chi connectivity index (χ2v) is 5.48. The van der Waals surface area contributed by atoms with E-state index in [0.29, 0.717) is 12.2 Å². The minimum atomic E-state index is -0.274. The van der Waals surface area contributed by atoms with Gasteiger partial charge in [-0.2, -0.15) is 0 Å². The number of benzene rings is 1. The molecule has 0 saturated heterocycles. The molecule has 0 unspecified atom stereocenters. The van der Waals surface area contributed by atoms with Crippen LogP contribution in [0.4, 0.5) is 10.5 Å². The summed E-state index contributed by atoms with van der Waals surface area (Å²) in [5.41, 5.74) is 2.66. The van der Waals surface area contributed by atoms with Crippen molar-refractivity contribution in [2.24, 2.45) is 0 Å². The first-order valence-electron chi connectivity index (χ1n) is 6.76. The van der Waals surface area contributed by atoms with Gasteiger partial charge < -0.3 is 10.6 Å². The van der Waals surface area contributed by atoms with Crippen molar-refractivity contribution < 1.29 is 4.79 Å². The summed E-state index contributed by atoms with van der Waals surface area (Å²) < 4.78 is 0. The molecule has 5 nitrogen and oxygen atoms in total. The molecule has 2 N–H and O–H groups in total. The molecule has 3 aromatic rings. The first-order valence-corrected chi connectivity index (χ1v) is 7.64. The van der Waals surface area contributed by atoms with Gasteiger partial charge in [0.25, 0.3) is 0 Å². The summed E-state index contributed by atoms with van der Waals surface area (Å²) in [6.07, 6.45) is 3.25. The lowest BCUT2D eigenvalue weighted by molar-refractivity contribution is 0.251. The SMILES string of the molecule is O=C(NCc1nc(-c2ccccc2)cs1)Nc1cccnc1. The maximum Gasteiger partial charge on any atom is 0.319 e. The fraction of sp³-hybridized carbons (Fsp3) is 0.0625. The number of urea groups is 1. The van der Waals surface area contributed by atoms with Crippen molar-refractivity contribution in [1.29, 1.82) is 0 Å². The third-order valence-corrected chi connectivity index (χ3v) is 3.79. The van der Waals surface area contributed by atoms with E-state index in [2.05, 4.69) is 20.6 Å². The van der Waals surface area contributed by atoms with Crippen molar-refractivity contribution in [3.63, 3.8) is 0 Å². The van der Waals surface area contributed by atoms with Crippen LogP contribution >= 0.6 is 11.3 Å². The van der Waals surface area contributed by atoms with Crippen molar-refractivity contribution >= 4 is 23.1 Å². The first-order chi connectivity index (χ1) is 10.8. The summed E-state index contributed by atoms with van der Waals surface area (Å²) in [7, 11) is 0. The third-order valence-electron chi connectivity index (χ3n) is 2.94. The highest BCUT2D eigenvalue weighted by molar-refractivity contribution is 7.09. The molecule has 22 heavy (non-hydrogen) atoms. The predicted octanol–water partition coefficient (Wildman–Crippen LogP) is 3.53. The summed E-state index contributed by atoms with van der Waals surface area (Å²) in [6.45, 7) is 0.392. The number of carbonyl (C=O) groups excluding carboxylic acids is 1. The van der Waals surface area contributed by atoms with E-state index in [1.807, 2.05) is 35.7 Å². The minimum Gasteiger partial charge on any atom is -0.331 e. The van der Waals surface area contributed by atoms with Crippen LogP contribution in [0.15, 0.2) is 60.2 Å². The average molecular weight is 310 g/mol. The largest absolute Gasteiger partial charge is 0.331 e. The van der Waals surface area contributed by atoms with Gasteiger partial charge in [-0.25, -0.2) is 9.78 Å². The molecule has 2 aromatic heterocycles. The van der Waals surface area contributed by atoms with Gasteiger partial charge in [0, 0.05) is 17.1 Å². The maximum absolute atomic E-state index is 11.8. The van der Waals surface area contributed by atoms with Crippen LogP contribution in [-0.4, -0.2) is 16.0 Å². The van der Waals surface area contributed by atoms with E-state index in [4.69, 9.17) is 0 Å². The van der Waals surface area contributed by atoms with Crippen LogP contribution in [0.3, 0.4) is 0 Å². The number of amides is 2. The lowest BCUT2D eigenvalue weighted by atomic mass is 10.2. The van der Waals surface area contributed by atoms with Gasteiger partial charge in [0.2, 0.25) is 0 Å². The molecule has 0 bridgehead atoms. The van der Waals surface area contributed by atoms with Crippen LogP contribution < -0.4 is 10.6 Å². The highest BCUT2D eigenvalue weighted by atomic mass is 32.1. The van der Waals surface area contributed by atoms with Gasteiger partial charge in [-0.15, -0.1) is 11.3 Å². The van der Waals surface area contributed by atoms with Gasteiger partial charge in [-0.05, 0) is 12.1 Å². The Kier molecular flexibility index (Phi) is 4.41. The van der Waals surface area contributed by atoms with Gasteiger partial charge in [0.1, 0.15) is 5.01 Å². The van der Waals surface area contributed by atoms with Crippen molar-refractivity contribution in [1.82, 2.24) is 15.3 Å². The first kappa shape index (κ1) is 14.2. The summed E-state index contributed by atoms with van der Waals surface area (Å²) in [5.74, 6) is 0. The molecule has 1 aromatic carbocycles. The molecule has 2 heterocycles. The van der Waals surface area contributed by atoms with Crippen molar-refractivity contribution in [2.45, 2.75) is 6.54 Å². The number of rotatable bonds is 4. The van der Waals surface area contributed by atoms with Crippen LogP contribution in [0.5, 0.6) is 0 Å². The molecule has 0 radical (unpaired) electrons. The monoisotopic (exact) mass is 310 g/mol. The standard InChI is InChI=1S/C16H14N4OS/c21-16(19-13-7-4-8-17-9-13)18-10-15-20-14(11-22-15)12-5-2-1-3-6-12/h1-9,11H,10H2,(H2,18,19,21). The van der Waals surface area contributed by atoms with E-state index < -0.39 is 0 Å². The number of hydrogen-bond donors (Lipinski definition) is 2. The molecule has 0 fully saturated rings. The second kappa shape index (κ2) is 6.82. The Labute approximate surface area is 132 Å². The van der Waals surface area contributed by atoms with E-state index in [0.717, 1.165) is 16.3 Å². The van der Waals surface area contributed by atoms with Crippen LogP contribution in [-0.2, 0) is 6.54 Å². The summed E-state index contributed by atoms with van der Waals surface area (Å²) >= 11 is 1.53. The Morgan fingerprint density at radius 1 is 1.14 bits per heavy atom. The number of thiazole rings is 1. The number of carbonyl (C=O) groups is 1. The van der Waals surface area contributed by atoms with Crippen molar-refractivity contribution in [3.8, 4) is 11.3 Å². The molecule has 2 amide bonds. The molecular weight excluding hydrogens is 296 g/mol. The van der Waals surface area contributed by atoms with Crippen LogP contribution in [0.1, 0.15) is 5.01 Å². The second-order valence-electron chi connectivity index (χ2n) is 4.54. The van der Waals surface area contributed by atoms with Crippen LogP contribution in [0, 0.1) is 0 Å². The zero-order valence-electron chi connectivity index (χ0n) is 11.7. The Bertz CT molecular complexity index is 743. The summed E-state index contributed by atoms with van der Waals surface area (Å²) in [4.78, 5) is 20.3. The Hall–Kier alpha value is -2.73. The zero-order chi connectivity index (χ0) is 15.2. The Balaban J connectivity index is 1.56. The summed E-state index contributed by atoms with van der Waals surface area (Å²) in [5, 5.41) is 8.35. The quantitative estimate of drug-likeness (QED) is 0.774. The van der Waals surface area contributed by atoms with Gasteiger partial charge in [-0.1, -0.05) is 30.3 Å². The molecule has 0 aliphatic carbocycles. The van der Waals surface area contributed by atoms with Crippen LogP contribution in [0.25, 0.3) is 11.3 Å². The lowest BCUT2D eigenvalue weighted by Crippen LogP contribution is -2.28. The average Bonchev–Trinajstić information content (AvgIpc) is 3.04. The van der Waals surface area contributed by atoms with E-state index in [9.17, 15) is 4.79 Å². The number of nitrogens with zero attached hydrogens (tertiary/aromatic N) is 2. The number of aromatic nitrogens is 2. The smallest absolute Gasteiger partial charge is 0.319 e. The number of hydrogen-bond acceptors (Lipinski definition) is 4. The van der Waals surface area contributed by atoms with Crippen LogP contribution in [0.2, 0.25) is 0 Å². The summed E-state index contributed by atoms with van der Waals surface area (Å²) in [6, 6.07) is 13.2. The van der Waals surface area contributed by atoms with E-state index in [-0.39, 0.29) is 6.03 Å². The van der Waals surface area contributed by atoms with E-state index in [1.54, 1.807) is 24.5 Å². The molecule has 0 saturated carbocycles. The topological polar surface area (TPSA) is 66.9 Å². The normalized spacial score (nSPS) is 10.2. The van der Waals surface area contributed by atoms with Gasteiger partial charge in [0.15, 0.2) is 0 Å². The third kappa shape index (κ3) is 3.67. The van der Waals surface area contributed by atoms with Crippen molar-refractivity contribution in [2.75, 3.05) is 5.32 Å². The van der Waals surface area contributed by atoms with E-state index in [1.165, 1.54) is 11.3 Å². The molecule has 0 spiro atoms. The fourth-order valence-corrected chi connectivity index (χ4v) is 2.64. The minimum absolute atomic E-state index is 0.274. The van der Waals surface area contributed by atoms with Gasteiger partial charge >= 0.3 is 6.03 Å². The fourth-order valence-electron chi connectivity index (χ4n) is 1.90. The van der Waals surface area contributed by atoms with Crippen molar-refractivity contribution in [3.05, 3.63) is 65.2 Å². The van der Waals surface area contributed by atoms with Gasteiger partial charge in [-0.3, -0.25) is 4.98 Å². The number of nitrogens with one attached hydrogen (secondary N) is 2. The lowest BCUT2D eigenvalue weighted by Gasteiger charge is -2.05. The molecule has 6 heteroatoms. The molecule has 0 atom stereocenters. The number of anilines is 1. The highest BCUT2D eigenvalue weighted by Gasteiger charge is 2.06. The maximum atomic E-state index is 11.8. The molecule has 3 rings (SSSR count). The molecular formula is C16H14N4OS.